The standard InChI is InChI=1S/C12H20N4O2/c1-4-18-6-5-16(3)11-8-10(12(13)15-17)7-9(2)14-11/h7-8,17H,4-6H2,1-3H3,(H2,13,15). The molecule has 0 unspecified atom stereocenters. The normalized spacial score (nSPS) is 11.6. The fourth-order valence-electron chi connectivity index (χ4n) is 1.51. The Bertz CT molecular complexity index is 421. The van der Waals surface area contributed by atoms with Crippen molar-refractivity contribution in [2.75, 3.05) is 31.7 Å². The molecule has 1 aromatic heterocycles. The summed E-state index contributed by atoms with van der Waals surface area (Å²) in [6, 6.07) is 3.56. The van der Waals surface area contributed by atoms with Crippen molar-refractivity contribution in [1.82, 2.24) is 4.98 Å². The van der Waals surface area contributed by atoms with Gasteiger partial charge < -0.3 is 20.6 Å². The third kappa shape index (κ3) is 3.89. The number of pyridine rings is 1. The number of ether oxygens (including phenoxy) is 1. The predicted molar refractivity (Wildman–Crippen MR) is 71.2 cm³/mol. The molecule has 0 aliphatic carbocycles. The molecule has 0 atom stereocenters. The number of aromatic nitrogens is 1. The Morgan fingerprint density at radius 2 is 2.28 bits per heavy atom. The van der Waals surface area contributed by atoms with Crippen LogP contribution < -0.4 is 10.6 Å². The molecule has 0 radical (unpaired) electrons. The maximum absolute atomic E-state index is 8.69. The summed E-state index contributed by atoms with van der Waals surface area (Å²) in [5, 5.41) is 11.7. The number of rotatable bonds is 6. The second-order valence-corrected chi connectivity index (χ2v) is 3.96. The highest BCUT2D eigenvalue weighted by molar-refractivity contribution is 5.97. The van der Waals surface area contributed by atoms with Crippen molar-refractivity contribution < 1.29 is 9.94 Å². The second kappa shape index (κ2) is 6.80. The van der Waals surface area contributed by atoms with Crippen LogP contribution in [0.25, 0.3) is 0 Å². The Hall–Kier alpha value is -1.82. The highest BCUT2D eigenvalue weighted by atomic mass is 16.5. The second-order valence-electron chi connectivity index (χ2n) is 3.96. The molecule has 0 fully saturated rings. The third-order valence-electron chi connectivity index (χ3n) is 2.51. The lowest BCUT2D eigenvalue weighted by molar-refractivity contribution is 0.154. The Kier molecular flexibility index (Phi) is 5.38. The first-order valence-electron chi connectivity index (χ1n) is 5.84. The summed E-state index contributed by atoms with van der Waals surface area (Å²) in [5.74, 6) is 0.858. The molecule has 6 heteroatoms. The van der Waals surface area contributed by atoms with E-state index in [2.05, 4.69) is 10.1 Å². The number of aryl methyl sites for hydroxylation is 1. The van der Waals surface area contributed by atoms with E-state index in [0.717, 1.165) is 18.1 Å². The SMILES string of the molecule is CCOCCN(C)c1cc(/C(N)=N/O)cc(C)n1. The first kappa shape index (κ1) is 14.2. The molecule has 6 nitrogen and oxygen atoms in total. The maximum Gasteiger partial charge on any atom is 0.170 e. The molecular formula is C12H20N4O2. The van der Waals surface area contributed by atoms with Crippen molar-refractivity contribution >= 4 is 11.7 Å². The van der Waals surface area contributed by atoms with Crippen LogP contribution in [-0.4, -0.2) is 42.8 Å². The number of hydrogen-bond acceptors (Lipinski definition) is 5. The van der Waals surface area contributed by atoms with E-state index >= 15 is 0 Å². The van der Waals surface area contributed by atoms with Gasteiger partial charge in [-0.25, -0.2) is 4.98 Å². The van der Waals surface area contributed by atoms with Gasteiger partial charge in [-0.15, -0.1) is 0 Å². The lowest BCUT2D eigenvalue weighted by Gasteiger charge is -2.19. The molecule has 0 aromatic carbocycles. The first-order chi connectivity index (χ1) is 8.58. The van der Waals surface area contributed by atoms with E-state index < -0.39 is 0 Å². The summed E-state index contributed by atoms with van der Waals surface area (Å²) < 4.78 is 5.30. The summed E-state index contributed by atoms with van der Waals surface area (Å²) >= 11 is 0. The Morgan fingerprint density at radius 3 is 2.89 bits per heavy atom. The van der Waals surface area contributed by atoms with Crippen LogP contribution in [0.15, 0.2) is 17.3 Å². The topological polar surface area (TPSA) is 84.0 Å². The number of nitrogens with zero attached hydrogens (tertiary/aromatic N) is 3. The number of nitrogens with two attached hydrogens (primary N) is 1. The van der Waals surface area contributed by atoms with Crippen LogP contribution in [0.1, 0.15) is 18.2 Å². The van der Waals surface area contributed by atoms with Crippen LogP contribution in [-0.2, 0) is 4.74 Å². The third-order valence-corrected chi connectivity index (χ3v) is 2.51. The number of hydrogen-bond donors (Lipinski definition) is 2. The summed E-state index contributed by atoms with van der Waals surface area (Å²) in [4.78, 5) is 6.38. The fraction of sp³-hybridized carbons (Fsp3) is 0.500. The maximum atomic E-state index is 8.69. The van der Waals surface area contributed by atoms with Crippen molar-refractivity contribution in [3.63, 3.8) is 0 Å². The van der Waals surface area contributed by atoms with Gasteiger partial charge >= 0.3 is 0 Å². The number of amidine groups is 1. The summed E-state index contributed by atoms with van der Waals surface area (Å²) in [6.45, 7) is 5.90. The van der Waals surface area contributed by atoms with E-state index in [1.165, 1.54) is 0 Å². The quantitative estimate of drug-likeness (QED) is 0.259. The van der Waals surface area contributed by atoms with Gasteiger partial charge in [-0.2, -0.15) is 0 Å². The smallest absolute Gasteiger partial charge is 0.170 e. The van der Waals surface area contributed by atoms with Gasteiger partial charge in [0.1, 0.15) is 5.82 Å². The first-order valence-corrected chi connectivity index (χ1v) is 5.84. The predicted octanol–water partition coefficient (Wildman–Crippen LogP) is 0.957. The van der Waals surface area contributed by atoms with Gasteiger partial charge in [0.25, 0.3) is 0 Å². The highest BCUT2D eigenvalue weighted by Gasteiger charge is 2.07. The molecule has 0 aliphatic heterocycles. The molecular weight excluding hydrogens is 232 g/mol. The Morgan fingerprint density at radius 1 is 1.56 bits per heavy atom. The fourth-order valence-corrected chi connectivity index (χ4v) is 1.51. The van der Waals surface area contributed by atoms with Crippen molar-refractivity contribution in [2.24, 2.45) is 10.9 Å². The van der Waals surface area contributed by atoms with E-state index in [0.29, 0.717) is 18.8 Å². The average molecular weight is 252 g/mol. The molecule has 1 aromatic rings. The molecule has 0 aliphatic rings. The van der Waals surface area contributed by atoms with Crippen molar-refractivity contribution in [3.05, 3.63) is 23.4 Å². The highest BCUT2D eigenvalue weighted by Crippen LogP contribution is 2.13. The van der Waals surface area contributed by atoms with Crippen LogP contribution >= 0.6 is 0 Å². The van der Waals surface area contributed by atoms with E-state index in [-0.39, 0.29) is 5.84 Å². The van der Waals surface area contributed by atoms with Gasteiger partial charge in [0, 0.05) is 31.5 Å². The molecule has 0 amide bonds. The van der Waals surface area contributed by atoms with Crippen LogP contribution in [0.5, 0.6) is 0 Å². The minimum absolute atomic E-state index is 0.0833. The molecule has 0 bridgehead atoms. The van der Waals surface area contributed by atoms with Gasteiger partial charge in [-0.1, -0.05) is 5.16 Å². The molecule has 1 heterocycles. The molecule has 18 heavy (non-hydrogen) atoms. The summed E-state index contributed by atoms with van der Waals surface area (Å²) in [5.41, 5.74) is 7.06. The van der Waals surface area contributed by atoms with Crippen molar-refractivity contribution in [1.29, 1.82) is 0 Å². The van der Waals surface area contributed by atoms with Crippen LogP contribution in [0.2, 0.25) is 0 Å². The average Bonchev–Trinajstić information content (AvgIpc) is 2.37. The van der Waals surface area contributed by atoms with Crippen LogP contribution in [0.3, 0.4) is 0 Å². The largest absolute Gasteiger partial charge is 0.409 e. The number of oxime groups is 1. The lowest BCUT2D eigenvalue weighted by Crippen LogP contribution is -2.24. The zero-order valence-electron chi connectivity index (χ0n) is 11.1. The van der Waals surface area contributed by atoms with Crippen molar-refractivity contribution in [3.8, 4) is 0 Å². The summed E-state index contributed by atoms with van der Waals surface area (Å²) in [6.07, 6.45) is 0. The number of likely N-dealkylation sites (N-methyl/N-ethyl adjacent to an activating group) is 1. The lowest BCUT2D eigenvalue weighted by atomic mass is 10.2. The van der Waals surface area contributed by atoms with E-state index in [1.54, 1.807) is 12.1 Å². The minimum Gasteiger partial charge on any atom is -0.409 e. The number of anilines is 1. The Labute approximate surface area is 107 Å². The van der Waals surface area contributed by atoms with Crippen molar-refractivity contribution in [2.45, 2.75) is 13.8 Å². The van der Waals surface area contributed by atoms with Gasteiger partial charge in [-0.05, 0) is 26.0 Å². The molecule has 0 saturated carbocycles. The van der Waals surface area contributed by atoms with Crippen LogP contribution in [0, 0.1) is 6.92 Å². The van der Waals surface area contributed by atoms with Gasteiger partial charge in [-0.3, -0.25) is 0 Å². The molecule has 0 saturated heterocycles. The zero-order chi connectivity index (χ0) is 13.5. The minimum atomic E-state index is 0.0833. The monoisotopic (exact) mass is 252 g/mol. The molecule has 100 valence electrons. The van der Waals surface area contributed by atoms with Gasteiger partial charge in [0.15, 0.2) is 5.84 Å². The molecule has 1 rings (SSSR count). The van der Waals surface area contributed by atoms with E-state index in [9.17, 15) is 0 Å². The van der Waals surface area contributed by atoms with Gasteiger partial charge in [0.05, 0.1) is 6.61 Å². The van der Waals surface area contributed by atoms with Crippen LogP contribution in [0.4, 0.5) is 5.82 Å². The molecule has 0 spiro atoms. The molecule has 3 N–H and O–H groups in total. The van der Waals surface area contributed by atoms with E-state index in [1.807, 2.05) is 25.8 Å². The Balaban J connectivity index is 2.85. The summed E-state index contributed by atoms with van der Waals surface area (Å²) in [7, 11) is 1.93. The van der Waals surface area contributed by atoms with Gasteiger partial charge in [0.2, 0.25) is 0 Å². The zero-order valence-corrected chi connectivity index (χ0v) is 11.1. The van der Waals surface area contributed by atoms with E-state index in [4.69, 9.17) is 15.7 Å².